The van der Waals surface area contributed by atoms with Crippen molar-refractivity contribution >= 4 is 43.3 Å². The van der Waals surface area contributed by atoms with Gasteiger partial charge in [0.15, 0.2) is 11.5 Å². The lowest BCUT2D eigenvalue weighted by Gasteiger charge is -1.98. The van der Waals surface area contributed by atoms with Gasteiger partial charge in [-0.15, -0.1) is 0 Å². The van der Waals surface area contributed by atoms with Gasteiger partial charge in [-0.1, -0.05) is 0 Å². The van der Waals surface area contributed by atoms with E-state index < -0.39 is 0 Å². The number of halogens is 2. The standard InChI is InChI=1S/C6H4Br2N4/c7-3-2-12-4(8)1-10-6(12)5(9)11-3/h1-2H,(H2,9,11). The van der Waals surface area contributed by atoms with Gasteiger partial charge in [-0.05, 0) is 31.9 Å². The number of fused-ring (bicyclic) bond motifs is 1. The Morgan fingerprint density at radius 3 is 2.92 bits per heavy atom. The minimum Gasteiger partial charge on any atom is -0.381 e. The molecule has 0 spiro atoms. The second kappa shape index (κ2) is 2.70. The molecule has 62 valence electrons. The van der Waals surface area contributed by atoms with Crippen LogP contribution in [0.5, 0.6) is 0 Å². The molecular formula is C6H4Br2N4. The Kier molecular flexibility index (Phi) is 1.80. The summed E-state index contributed by atoms with van der Waals surface area (Å²) < 4.78 is 3.35. The predicted molar refractivity (Wildman–Crippen MR) is 52.8 cm³/mol. The van der Waals surface area contributed by atoms with E-state index >= 15 is 0 Å². The van der Waals surface area contributed by atoms with Gasteiger partial charge in [0.2, 0.25) is 0 Å². The molecule has 2 N–H and O–H groups in total. The molecule has 0 bridgehead atoms. The smallest absolute Gasteiger partial charge is 0.180 e. The first-order valence-corrected chi connectivity index (χ1v) is 4.71. The van der Waals surface area contributed by atoms with Gasteiger partial charge in [-0.2, -0.15) is 0 Å². The Hall–Kier alpha value is -0.620. The molecule has 2 rings (SSSR count). The quantitative estimate of drug-likeness (QED) is 0.806. The lowest BCUT2D eigenvalue weighted by molar-refractivity contribution is 1.09. The van der Waals surface area contributed by atoms with Crippen molar-refractivity contribution in [2.75, 3.05) is 5.73 Å². The monoisotopic (exact) mass is 290 g/mol. The highest BCUT2D eigenvalue weighted by Gasteiger charge is 2.05. The first-order valence-electron chi connectivity index (χ1n) is 3.13. The normalized spacial score (nSPS) is 10.8. The maximum Gasteiger partial charge on any atom is 0.180 e. The summed E-state index contributed by atoms with van der Waals surface area (Å²) in [7, 11) is 0. The van der Waals surface area contributed by atoms with Crippen molar-refractivity contribution in [2.24, 2.45) is 0 Å². The largest absolute Gasteiger partial charge is 0.381 e. The molecule has 0 saturated heterocycles. The van der Waals surface area contributed by atoms with Crippen molar-refractivity contribution in [3.05, 3.63) is 21.6 Å². The summed E-state index contributed by atoms with van der Waals surface area (Å²) in [4.78, 5) is 8.07. The second-order valence-electron chi connectivity index (χ2n) is 2.22. The lowest BCUT2D eigenvalue weighted by Crippen LogP contribution is -1.96. The lowest BCUT2D eigenvalue weighted by atomic mass is 10.6. The second-order valence-corrected chi connectivity index (χ2v) is 3.85. The van der Waals surface area contributed by atoms with Crippen LogP contribution in [0, 0.1) is 0 Å². The van der Waals surface area contributed by atoms with Crippen LogP contribution in [0.25, 0.3) is 5.65 Å². The molecular weight excluding hydrogens is 288 g/mol. The molecule has 0 aliphatic rings. The van der Waals surface area contributed by atoms with E-state index in [4.69, 9.17) is 5.73 Å². The van der Waals surface area contributed by atoms with Crippen molar-refractivity contribution in [3.8, 4) is 0 Å². The number of rotatable bonds is 0. The summed E-state index contributed by atoms with van der Waals surface area (Å²) in [6, 6.07) is 0. The van der Waals surface area contributed by atoms with Gasteiger partial charge in [0.1, 0.15) is 9.21 Å². The van der Waals surface area contributed by atoms with E-state index in [-0.39, 0.29) is 0 Å². The number of nitrogens with two attached hydrogens (primary N) is 1. The average Bonchev–Trinajstić information content (AvgIpc) is 2.33. The molecule has 2 aromatic heterocycles. The summed E-state index contributed by atoms with van der Waals surface area (Å²) in [5.74, 6) is 0.412. The van der Waals surface area contributed by atoms with Gasteiger partial charge in [-0.3, -0.25) is 4.40 Å². The van der Waals surface area contributed by atoms with Crippen molar-refractivity contribution in [3.63, 3.8) is 0 Å². The average molecular weight is 292 g/mol. The van der Waals surface area contributed by atoms with Crippen LogP contribution in [0.15, 0.2) is 21.6 Å². The third kappa shape index (κ3) is 1.11. The van der Waals surface area contributed by atoms with Crippen LogP contribution >= 0.6 is 31.9 Å². The van der Waals surface area contributed by atoms with Crippen LogP contribution in [0.3, 0.4) is 0 Å². The fourth-order valence-corrected chi connectivity index (χ4v) is 1.72. The number of aromatic nitrogens is 3. The van der Waals surface area contributed by atoms with E-state index in [1.165, 1.54) is 0 Å². The van der Waals surface area contributed by atoms with Gasteiger partial charge < -0.3 is 5.73 Å². The minimum absolute atomic E-state index is 0.412. The highest BCUT2D eigenvalue weighted by Crippen LogP contribution is 2.19. The fourth-order valence-electron chi connectivity index (χ4n) is 0.953. The molecule has 2 heterocycles. The van der Waals surface area contributed by atoms with Crippen LogP contribution in [-0.4, -0.2) is 14.4 Å². The number of hydrogen-bond donors (Lipinski definition) is 1. The topological polar surface area (TPSA) is 56.2 Å². The third-order valence-electron chi connectivity index (χ3n) is 1.44. The highest BCUT2D eigenvalue weighted by atomic mass is 79.9. The Balaban J connectivity index is 2.92. The van der Waals surface area contributed by atoms with Crippen LogP contribution < -0.4 is 5.73 Å². The van der Waals surface area contributed by atoms with Gasteiger partial charge in [0, 0.05) is 6.20 Å². The molecule has 0 fully saturated rings. The molecule has 0 unspecified atom stereocenters. The molecule has 0 atom stereocenters. The summed E-state index contributed by atoms with van der Waals surface area (Å²) in [6.07, 6.45) is 3.47. The van der Waals surface area contributed by atoms with E-state index in [0.717, 1.165) is 4.60 Å². The Labute approximate surface area is 85.1 Å². The van der Waals surface area contributed by atoms with Crippen LogP contribution in [0.2, 0.25) is 0 Å². The number of anilines is 1. The van der Waals surface area contributed by atoms with Crippen LogP contribution in [-0.2, 0) is 0 Å². The Bertz CT molecular complexity index is 436. The molecule has 0 aliphatic heterocycles. The molecule has 6 heteroatoms. The first kappa shape index (κ1) is 8.00. The first-order chi connectivity index (χ1) is 5.68. The zero-order valence-electron chi connectivity index (χ0n) is 5.83. The van der Waals surface area contributed by atoms with Crippen molar-refractivity contribution in [2.45, 2.75) is 0 Å². The molecule has 0 amide bonds. The van der Waals surface area contributed by atoms with Gasteiger partial charge in [-0.25, -0.2) is 9.97 Å². The number of nitrogen functional groups attached to an aromatic ring is 1. The van der Waals surface area contributed by atoms with E-state index in [1.807, 2.05) is 4.40 Å². The maximum absolute atomic E-state index is 5.63. The number of hydrogen-bond acceptors (Lipinski definition) is 3. The molecule has 0 radical (unpaired) electrons. The Morgan fingerprint density at radius 2 is 2.17 bits per heavy atom. The van der Waals surface area contributed by atoms with Crippen LogP contribution in [0.4, 0.5) is 5.82 Å². The Morgan fingerprint density at radius 1 is 1.42 bits per heavy atom. The van der Waals surface area contributed by atoms with Gasteiger partial charge >= 0.3 is 0 Å². The van der Waals surface area contributed by atoms with E-state index in [2.05, 4.69) is 41.8 Å². The van der Waals surface area contributed by atoms with Crippen molar-refractivity contribution in [1.29, 1.82) is 0 Å². The zero-order chi connectivity index (χ0) is 8.72. The van der Waals surface area contributed by atoms with Gasteiger partial charge in [0.25, 0.3) is 0 Å². The van der Waals surface area contributed by atoms with Gasteiger partial charge in [0.05, 0.1) is 6.20 Å². The zero-order valence-corrected chi connectivity index (χ0v) is 9.00. The number of imidazole rings is 1. The maximum atomic E-state index is 5.63. The minimum atomic E-state index is 0.412. The summed E-state index contributed by atoms with van der Waals surface area (Å²) in [6.45, 7) is 0. The molecule has 0 aromatic carbocycles. The number of nitrogens with zero attached hydrogens (tertiary/aromatic N) is 3. The molecule has 12 heavy (non-hydrogen) atoms. The van der Waals surface area contributed by atoms with E-state index in [9.17, 15) is 0 Å². The molecule has 2 aromatic rings. The summed E-state index contributed by atoms with van der Waals surface area (Å²) in [5, 5.41) is 0. The van der Waals surface area contributed by atoms with E-state index in [1.54, 1.807) is 12.4 Å². The van der Waals surface area contributed by atoms with Crippen LogP contribution in [0.1, 0.15) is 0 Å². The fraction of sp³-hybridized carbons (Fsp3) is 0. The highest BCUT2D eigenvalue weighted by molar-refractivity contribution is 9.10. The SMILES string of the molecule is Nc1nc(Br)cn2c(Br)cnc12. The van der Waals surface area contributed by atoms with Crippen molar-refractivity contribution < 1.29 is 0 Å². The predicted octanol–water partition coefficient (Wildman–Crippen LogP) is 1.84. The summed E-state index contributed by atoms with van der Waals surface area (Å²) >= 11 is 6.57. The summed E-state index contributed by atoms with van der Waals surface area (Å²) in [5.41, 5.74) is 6.28. The molecule has 0 aliphatic carbocycles. The third-order valence-corrected chi connectivity index (χ3v) is 2.41. The molecule has 0 saturated carbocycles. The molecule has 4 nitrogen and oxygen atoms in total. The van der Waals surface area contributed by atoms with E-state index in [0.29, 0.717) is 16.1 Å². The van der Waals surface area contributed by atoms with Crippen molar-refractivity contribution in [1.82, 2.24) is 14.4 Å².